The highest BCUT2D eigenvalue weighted by Crippen LogP contribution is 2.28. The van der Waals surface area contributed by atoms with Crippen molar-refractivity contribution in [3.05, 3.63) is 29.3 Å². The van der Waals surface area contributed by atoms with Crippen LogP contribution in [0.4, 0.5) is 0 Å². The lowest BCUT2D eigenvalue weighted by atomic mass is 9.92. The van der Waals surface area contributed by atoms with E-state index < -0.39 is 10.0 Å². The van der Waals surface area contributed by atoms with Crippen LogP contribution in [0.3, 0.4) is 0 Å². The van der Waals surface area contributed by atoms with Crippen molar-refractivity contribution in [1.82, 2.24) is 4.72 Å². The Morgan fingerprint density at radius 1 is 1.11 bits per heavy atom. The van der Waals surface area contributed by atoms with Gasteiger partial charge in [0.1, 0.15) is 0 Å². The maximum atomic E-state index is 12.1. The van der Waals surface area contributed by atoms with E-state index in [4.69, 9.17) is 0 Å². The van der Waals surface area contributed by atoms with Crippen molar-refractivity contribution in [1.29, 1.82) is 0 Å². The van der Waals surface area contributed by atoms with Crippen LogP contribution in [-0.2, 0) is 22.9 Å². The number of fused-ring (bicyclic) bond motifs is 1. The molecular formula is C14H19NO2S. The van der Waals surface area contributed by atoms with E-state index in [9.17, 15) is 8.42 Å². The molecule has 0 radical (unpaired) electrons. The summed E-state index contributed by atoms with van der Waals surface area (Å²) in [6.45, 7) is 0.597. The maximum Gasteiger partial charge on any atom is 0.240 e. The molecule has 3 rings (SSSR count). The Bertz CT molecular complexity index is 547. The Morgan fingerprint density at radius 3 is 2.56 bits per heavy atom. The summed E-state index contributed by atoms with van der Waals surface area (Å²) in [6.07, 6.45) is 6.82. The smallest absolute Gasteiger partial charge is 0.211 e. The van der Waals surface area contributed by atoms with Gasteiger partial charge in [-0.2, -0.15) is 0 Å². The number of nitrogens with one attached hydrogen (secondary N) is 1. The number of rotatable bonds is 4. The highest BCUT2D eigenvalue weighted by Gasteiger charge is 2.24. The van der Waals surface area contributed by atoms with Gasteiger partial charge in [0.25, 0.3) is 0 Å². The highest BCUT2D eigenvalue weighted by atomic mass is 32.2. The maximum absolute atomic E-state index is 12.1. The van der Waals surface area contributed by atoms with Crippen molar-refractivity contribution in [2.45, 2.75) is 43.4 Å². The van der Waals surface area contributed by atoms with E-state index in [2.05, 4.69) is 4.72 Å². The molecule has 0 aliphatic heterocycles. The van der Waals surface area contributed by atoms with E-state index in [1.165, 1.54) is 24.0 Å². The first-order valence-corrected chi connectivity index (χ1v) is 8.25. The summed E-state index contributed by atoms with van der Waals surface area (Å²) in [5.41, 5.74) is 2.54. The van der Waals surface area contributed by atoms with Gasteiger partial charge in [-0.15, -0.1) is 0 Å². The van der Waals surface area contributed by atoms with Gasteiger partial charge in [0.05, 0.1) is 4.90 Å². The average molecular weight is 265 g/mol. The molecule has 1 aromatic rings. The monoisotopic (exact) mass is 265 g/mol. The van der Waals surface area contributed by atoms with Crippen molar-refractivity contribution in [3.63, 3.8) is 0 Å². The molecule has 18 heavy (non-hydrogen) atoms. The third-order valence-electron chi connectivity index (χ3n) is 3.89. The second kappa shape index (κ2) is 4.67. The Balaban J connectivity index is 1.81. The topological polar surface area (TPSA) is 46.2 Å². The normalized spacial score (nSPS) is 19.6. The number of hydrogen-bond acceptors (Lipinski definition) is 2. The molecule has 0 amide bonds. The van der Waals surface area contributed by atoms with Gasteiger partial charge in [-0.1, -0.05) is 6.07 Å². The zero-order valence-corrected chi connectivity index (χ0v) is 11.3. The molecule has 1 N–H and O–H groups in total. The van der Waals surface area contributed by atoms with Crippen LogP contribution >= 0.6 is 0 Å². The van der Waals surface area contributed by atoms with E-state index in [0.29, 0.717) is 17.4 Å². The van der Waals surface area contributed by atoms with Crippen molar-refractivity contribution in [2.75, 3.05) is 6.54 Å². The molecule has 2 aliphatic rings. The molecule has 0 bridgehead atoms. The fraction of sp³-hybridized carbons (Fsp3) is 0.571. The van der Waals surface area contributed by atoms with Gasteiger partial charge in [0.15, 0.2) is 0 Å². The first kappa shape index (κ1) is 12.2. The summed E-state index contributed by atoms with van der Waals surface area (Å²) < 4.78 is 27.0. The third kappa shape index (κ3) is 2.59. The second-order valence-electron chi connectivity index (χ2n) is 5.43. The van der Waals surface area contributed by atoms with Crippen molar-refractivity contribution in [3.8, 4) is 0 Å². The summed E-state index contributed by atoms with van der Waals surface area (Å²) in [5, 5.41) is 0. The average Bonchev–Trinajstić information content (AvgIpc) is 3.20. The van der Waals surface area contributed by atoms with E-state index in [0.717, 1.165) is 25.7 Å². The van der Waals surface area contributed by atoms with Crippen LogP contribution in [0.5, 0.6) is 0 Å². The Morgan fingerprint density at radius 2 is 1.83 bits per heavy atom. The van der Waals surface area contributed by atoms with Gasteiger partial charge in [0, 0.05) is 6.54 Å². The summed E-state index contributed by atoms with van der Waals surface area (Å²) in [6, 6.07) is 5.60. The van der Waals surface area contributed by atoms with E-state index >= 15 is 0 Å². The van der Waals surface area contributed by atoms with Gasteiger partial charge in [-0.25, -0.2) is 13.1 Å². The second-order valence-corrected chi connectivity index (χ2v) is 7.20. The van der Waals surface area contributed by atoms with Gasteiger partial charge in [-0.05, 0) is 67.7 Å². The van der Waals surface area contributed by atoms with Crippen molar-refractivity contribution >= 4 is 10.0 Å². The lowest BCUT2D eigenvalue weighted by molar-refractivity contribution is 0.577. The molecule has 0 unspecified atom stereocenters. The van der Waals surface area contributed by atoms with Crippen LogP contribution in [0, 0.1) is 5.92 Å². The Hall–Kier alpha value is -0.870. The molecule has 0 aromatic heterocycles. The zero-order valence-electron chi connectivity index (χ0n) is 10.5. The molecule has 1 saturated carbocycles. The van der Waals surface area contributed by atoms with Gasteiger partial charge in [-0.3, -0.25) is 0 Å². The molecule has 1 aromatic carbocycles. The summed E-state index contributed by atoms with van der Waals surface area (Å²) in [4.78, 5) is 0.434. The van der Waals surface area contributed by atoms with E-state index in [-0.39, 0.29) is 0 Å². The number of hydrogen-bond donors (Lipinski definition) is 1. The molecule has 0 atom stereocenters. The molecule has 4 heteroatoms. The molecule has 0 spiro atoms. The van der Waals surface area contributed by atoms with Gasteiger partial charge in [0.2, 0.25) is 10.0 Å². The standard InChI is InChI=1S/C14H19NO2S/c16-18(17,15-10-11-5-6-11)14-8-7-12-3-1-2-4-13(12)9-14/h7-9,11,15H,1-6,10H2. The predicted octanol–water partition coefficient (Wildman–Crippen LogP) is 2.25. The quantitative estimate of drug-likeness (QED) is 0.907. The van der Waals surface area contributed by atoms with Crippen LogP contribution in [0.25, 0.3) is 0 Å². The molecular weight excluding hydrogens is 246 g/mol. The summed E-state index contributed by atoms with van der Waals surface area (Å²) in [5.74, 6) is 0.567. The van der Waals surface area contributed by atoms with Crippen LogP contribution in [0.15, 0.2) is 23.1 Å². The fourth-order valence-corrected chi connectivity index (χ4v) is 3.68. The molecule has 98 valence electrons. The SMILES string of the molecule is O=S(=O)(NCC1CC1)c1ccc2c(c1)CCCC2. The Kier molecular flexibility index (Phi) is 3.16. The zero-order chi connectivity index (χ0) is 12.6. The summed E-state index contributed by atoms with van der Waals surface area (Å²) >= 11 is 0. The minimum Gasteiger partial charge on any atom is -0.211 e. The molecule has 2 aliphatic carbocycles. The Labute approximate surface area is 109 Å². The molecule has 0 saturated heterocycles. The van der Waals surface area contributed by atoms with Crippen molar-refractivity contribution in [2.24, 2.45) is 5.92 Å². The van der Waals surface area contributed by atoms with Crippen molar-refractivity contribution < 1.29 is 8.42 Å². The van der Waals surface area contributed by atoms with Crippen LogP contribution in [0.1, 0.15) is 36.8 Å². The molecule has 3 nitrogen and oxygen atoms in total. The number of benzene rings is 1. The van der Waals surface area contributed by atoms with Crippen LogP contribution < -0.4 is 4.72 Å². The van der Waals surface area contributed by atoms with E-state index in [1.54, 1.807) is 6.07 Å². The molecule has 0 heterocycles. The fourth-order valence-electron chi connectivity index (χ4n) is 2.51. The largest absolute Gasteiger partial charge is 0.240 e. The van der Waals surface area contributed by atoms with Crippen LogP contribution in [-0.4, -0.2) is 15.0 Å². The lowest BCUT2D eigenvalue weighted by Gasteiger charge is -2.16. The minimum absolute atomic E-state index is 0.434. The number of sulfonamides is 1. The van der Waals surface area contributed by atoms with Gasteiger partial charge < -0.3 is 0 Å². The number of aryl methyl sites for hydroxylation is 2. The van der Waals surface area contributed by atoms with Crippen LogP contribution in [0.2, 0.25) is 0 Å². The third-order valence-corrected chi connectivity index (χ3v) is 5.31. The van der Waals surface area contributed by atoms with E-state index in [1.807, 2.05) is 12.1 Å². The van der Waals surface area contributed by atoms with Gasteiger partial charge >= 0.3 is 0 Å². The summed E-state index contributed by atoms with van der Waals surface area (Å²) in [7, 11) is -3.30. The first-order valence-electron chi connectivity index (χ1n) is 6.77. The first-order chi connectivity index (χ1) is 8.65. The minimum atomic E-state index is -3.30. The predicted molar refractivity (Wildman–Crippen MR) is 71.0 cm³/mol. The highest BCUT2D eigenvalue weighted by molar-refractivity contribution is 7.89. The lowest BCUT2D eigenvalue weighted by Crippen LogP contribution is -2.26. The molecule has 1 fully saturated rings.